The van der Waals surface area contributed by atoms with Crippen LogP contribution in [0.1, 0.15) is 11.3 Å². The fourth-order valence-corrected chi connectivity index (χ4v) is 3.68. The Bertz CT molecular complexity index is 1080. The Morgan fingerprint density at radius 2 is 1.93 bits per heavy atom. The molecule has 0 bridgehead atoms. The van der Waals surface area contributed by atoms with E-state index in [1.54, 1.807) is 11.0 Å². The number of hydrogen-bond acceptors (Lipinski definition) is 3. The van der Waals surface area contributed by atoms with Crippen molar-refractivity contribution in [2.75, 3.05) is 5.32 Å². The molecule has 2 heterocycles. The van der Waals surface area contributed by atoms with Crippen LogP contribution in [0.2, 0.25) is 0 Å². The monoisotopic (exact) mass is 423 g/mol. The number of nitrogens with zero attached hydrogens (tertiary/aromatic N) is 4. The maximum absolute atomic E-state index is 12.6. The summed E-state index contributed by atoms with van der Waals surface area (Å²) in [6, 6.07) is 15.8. The number of carbonyl (C=O) groups excluding carboxylic acids is 1. The van der Waals surface area contributed by atoms with E-state index in [1.807, 2.05) is 54.0 Å². The van der Waals surface area contributed by atoms with Gasteiger partial charge in [0.25, 0.3) is 0 Å². The van der Waals surface area contributed by atoms with Gasteiger partial charge in [-0.1, -0.05) is 30.3 Å². The molecular formula is C20H18BrN5O. The first kappa shape index (κ1) is 17.5. The molecule has 2 aromatic carbocycles. The van der Waals surface area contributed by atoms with Crippen molar-refractivity contribution in [2.24, 2.45) is 0 Å². The molecule has 0 fully saturated rings. The van der Waals surface area contributed by atoms with Crippen molar-refractivity contribution in [2.45, 2.75) is 20.0 Å². The number of aromatic nitrogens is 4. The van der Waals surface area contributed by atoms with Gasteiger partial charge in [0, 0.05) is 26.8 Å². The molecular weight excluding hydrogens is 406 g/mol. The van der Waals surface area contributed by atoms with Crippen LogP contribution in [0, 0.1) is 6.92 Å². The number of para-hydroxylation sites is 1. The van der Waals surface area contributed by atoms with Gasteiger partial charge in [-0.25, -0.2) is 9.67 Å². The van der Waals surface area contributed by atoms with Gasteiger partial charge in [0.05, 0.1) is 6.54 Å². The minimum Gasteiger partial charge on any atom is -0.334 e. The molecule has 0 spiro atoms. The third-order valence-electron chi connectivity index (χ3n) is 4.50. The average Bonchev–Trinajstić information content (AvgIpc) is 3.27. The van der Waals surface area contributed by atoms with E-state index in [0.717, 1.165) is 32.3 Å². The minimum atomic E-state index is -0.0598. The van der Waals surface area contributed by atoms with Gasteiger partial charge in [0.15, 0.2) is 0 Å². The van der Waals surface area contributed by atoms with Crippen LogP contribution in [-0.4, -0.2) is 25.2 Å². The number of benzene rings is 2. The number of rotatable bonds is 5. The number of nitrogens with one attached hydrogen (secondary N) is 1. The smallest absolute Gasteiger partial charge is 0.244 e. The summed E-state index contributed by atoms with van der Waals surface area (Å²) in [4.78, 5) is 16.5. The van der Waals surface area contributed by atoms with E-state index in [2.05, 4.69) is 37.4 Å². The lowest BCUT2D eigenvalue weighted by Gasteiger charge is -2.10. The zero-order valence-corrected chi connectivity index (χ0v) is 16.3. The maximum atomic E-state index is 12.6. The molecule has 0 aliphatic heterocycles. The summed E-state index contributed by atoms with van der Waals surface area (Å²) in [6.07, 6.45) is 3.19. The van der Waals surface area contributed by atoms with Gasteiger partial charge in [-0.2, -0.15) is 5.10 Å². The largest absolute Gasteiger partial charge is 0.334 e. The summed E-state index contributed by atoms with van der Waals surface area (Å²) >= 11 is 3.63. The summed E-state index contributed by atoms with van der Waals surface area (Å²) < 4.78 is 4.81. The van der Waals surface area contributed by atoms with Crippen molar-refractivity contribution < 1.29 is 4.79 Å². The van der Waals surface area contributed by atoms with Crippen LogP contribution in [0.15, 0.2) is 65.7 Å². The molecule has 4 rings (SSSR count). The van der Waals surface area contributed by atoms with Gasteiger partial charge in [0.1, 0.15) is 19.2 Å². The second-order valence-electron chi connectivity index (χ2n) is 6.34. The third kappa shape index (κ3) is 3.64. The van der Waals surface area contributed by atoms with Crippen LogP contribution in [0.3, 0.4) is 0 Å². The SMILES string of the molecule is Cc1c(Br)c2ccccc2n1CC(=O)Nc1ccc(Cn2cncn2)cc1. The van der Waals surface area contributed by atoms with E-state index in [-0.39, 0.29) is 12.5 Å². The molecule has 2 aromatic heterocycles. The van der Waals surface area contributed by atoms with Crippen molar-refractivity contribution in [3.05, 3.63) is 76.9 Å². The molecule has 4 aromatic rings. The first-order chi connectivity index (χ1) is 13.1. The number of hydrogen-bond donors (Lipinski definition) is 1. The fourth-order valence-electron chi connectivity index (χ4n) is 3.13. The van der Waals surface area contributed by atoms with E-state index < -0.39 is 0 Å². The number of fused-ring (bicyclic) bond motifs is 1. The molecule has 0 aliphatic carbocycles. The van der Waals surface area contributed by atoms with Crippen LogP contribution in [0.5, 0.6) is 0 Å². The maximum Gasteiger partial charge on any atom is 0.244 e. The van der Waals surface area contributed by atoms with Crippen molar-refractivity contribution in [1.29, 1.82) is 0 Å². The fraction of sp³-hybridized carbons (Fsp3) is 0.150. The quantitative estimate of drug-likeness (QED) is 0.527. The number of anilines is 1. The van der Waals surface area contributed by atoms with Gasteiger partial charge in [-0.05, 0) is 46.6 Å². The van der Waals surface area contributed by atoms with E-state index in [4.69, 9.17) is 0 Å². The molecule has 27 heavy (non-hydrogen) atoms. The molecule has 1 N–H and O–H groups in total. The van der Waals surface area contributed by atoms with Crippen LogP contribution in [0.4, 0.5) is 5.69 Å². The van der Waals surface area contributed by atoms with Crippen LogP contribution < -0.4 is 5.32 Å². The summed E-state index contributed by atoms with van der Waals surface area (Å²) in [5.74, 6) is -0.0598. The molecule has 0 aliphatic rings. The standard InChI is InChI=1S/C20H18BrN5O/c1-14-20(21)17-4-2-3-5-18(17)26(14)11-19(27)24-16-8-6-15(7-9-16)10-25-13-22-12-23-25/h2-9,12-13H,10-11H2,1H3,(H,24,27). The number of carbonyl (C=O) groups is 1. The molecule has 7 heteroatoms. The van der Waals surface area contributed by atoms with Gasteiger partial charge in [-0.3, -0.25) is 4.79 Å². The third-order valence-corrected chi connectivity index (χ3v) is 5.51. The number of amides is 1. The normalized spacial score (nSPS) is 11.0. The molecule has 0 saturated carbocycles. The van der Waals surface area contributed by atoms with Gasteiger partial charge in [-0.15, -0.1) is 0 Å². The highest BCUT2D eigenvalue weighted by Crippen LogP contribution is 2.30. The Balaban J connectivity index is 1.46. The second-order valence-corrected chi connectivity index (χ2v) is 7.13. The Labute approximate surface area is 165 Å². The van der Waals surface area contributed by atoms with E-state index >= 15 is 0 Å². The molecule has 0 atom stereocenters. The zero-order valence-electron chi connectivity index (χ0n) is 14.8. The highest BCUT2D eigenvalue weighted by molar-refractivity contribution is 9.10. The summed E-state index contributed by atoms with van der Waals surface area (Å²) in [5, 5.41) is 8.17. The van der Waals surface area contributed by atoms with Crippen molar-refractivity contribution >= 4 is 38.4 Å². The molecule has 136 valence electrons. The van der Waals surface area contributed by atoms with Crippen molar-refractivity contribution in [3.8, 4) is 0 Å². The molecule has 6 nitrogen and oxygen atoms in total. The van der Waals surface area contributed by atoms with Crippen molar-refractivity contribution in [1.82, 2.24) is 19.3 Å². The molecule has 1 amide bonds. The van der Waals surface area contributed by atoms with Crippen LogP contribution in [0.25, 0.3) is 10.9 Å². The van der Waals surface area contributed by atoms with Gasteiger partial charge >= 0.3 is 0 Å². The lowest BCUT2D eigenvalue weighted by Crippen LogP contribution is -2.19. The second kappa shape index (κ2) is 7.36. The lowest BCUT2D eigenvalue weighted by molar-refractivity contribution is -0.116. The highest BCUT2D eigenvalue weighted by atomic mass is 79.9. The Morgan fingerprint density at radius 3 is 2.67 bits per heavy atom. The van der Waals surface area contributed by atoms with E-state index in [9.17, 15) is 4.79 Å². The number of halogens is 1. The zero-order chi connectivity index (χ0) is 18.8. The summed E-state index contributed by atoms with van der Waals surface area (Å²) in [5.41, 5.74) is 3.94. The molecule has 0 radical (unpaired) electrons. The first-order valence-electron chi connectivity index (χ1n) is 8.56. The highest BCUT2D eigenvalue weighted by Gasteiger charge is 2.14. The van der Waals surface area contributed by atoms with Crippen molar-refractivity contribution in [3.63, 3.8) is 0 Å². The Kier molecular flexibility index (Phi) is 4.77. The predicted octanol–water partition coefficient (Wildman–Crippen LogP) is 3.99. The molecule has 0 unspecified atom stereocenters. The van der Waals surface area contributed by atoms with Gasteiger partial charge < -0.3 is 9.88 Å². The first-order valence-corrected chi connectivity index (χ1v) is 9.35. The predicted molar refractivity (Wildman–Crippen MR) is 109 cm³/mol. The summed E-state index contributed by atoms with van der Waals surface area (Å²) in [7, 11) is 0. The van der Waals surface area contributed by atoms with E-state index in [0.29, 0.717) is 6.54 Å². The van der Waals surface area contributed by atoms with Gasteiger partial charge in [0.2, 0.25) is 5.91 Å². The van der Waals surface area contributed by atoms with Crippen LogP contribution in [-0.2, 0) is 17.9 Å². The molecule has 0 saturated heterocycles. The topological polar surface area (TPSA) is 64.7 Å². The lowest BCUT2D eigenvalue weighted by atomic mass is 10.2. The average molecular weight is 424 g/mol. The minimum absolute atomic E-state index is 0.0598. The van der Waals surface area contributed by atoms with Crippen LogP contribution >= 0.6 is 15.9 Å². The Morgan fingerprint density at radius 1 is 1.15 bits per heavy atom. The summed E-state index contributed by atoms with van der Waals surface area (Å²) in [6.45, 7) is 2.92. The van der Waals surface area contributed by atoms with E-state index in [1.165, 1.54) is 6.33 Å². The Hall–Kier alpha value is -2.93.